The summed E-state index contributed by atoms with van der Waals surface area (Å²) in [6.45, 7) is 0.862. The van der Waals surface area contributed by atoms with Gasteiger partial charge in [0.2, 0.25) is 0 Å². The van der Waals surface area contributed by atoms with Crippen molar-refractivity contribution >= 4 is 30.0 Å². The number of ketones is 1. The Hall–Kier alpha value is -3.56. The summed E-state index contributed by atoms with van der Waals surface area (Å²) in [5.41, 5.74) is 2.78. The highest BCUT2D eigenvalue weighted by molar-refractivity contribution is 6.06. The molecule has 0 radical (unpaired) electrons. The van der Waals surface area contributed by atoms with Gasteiger partial charge in [0.05, 0.1) is 25.0 Å². The molecule has 0 aromatic heterocycles. The maximum absolute atomic E-state index is 13.9. The first kappa shape index (κ1) is 20.7. The number of nitrogens with zero attached hydrogens (tertiary/aromatic N) is 2. The molecule has 1 heterocycles. The highest BCUT2D eigenvalue weighted by atomic mass is 19.1. The number of hydrogen-bond acceptors (Lipinski definition) is 7. The molecule has 0 spiro atoms. The zero-order valence-corrected chi connectivity index (χ0v) is 14.9. The van der Waals surface area contributed by atoms with Gasteiger partial charge in [-0.25, -0.2) is 8.78 Å². The van der Waals surface area contributed by atoms with Gasteiger partial charge in [0.1, 0.15) is 35.4 Å². The van der Waals surface area contributed by atoms with Crippen molar-refractivity contribution in [3.05, 3.63) is 53.4 Å². The summed E-state index contributed by atoms with van der Waals surface area (Å²) in [7, 11) is 0. The molecule has 8 nitrogen and oxygen atoms in total. The number of aliphatic hydroxyl groups is 1. The van der Waals surface area contributed by atoms with E-state index in [0.29, 0.717) is 12.5 Å². The third kappa shape index (κ3) is 4.22. The average molecular weight is 392 g/mol. The molecule has 0 aliphatic carbocycles. The van der Waals surface area contributed by atoms with Gasteiger partial charge in [-0.1, -0.05) is 6.07 Å². The number of amides is 1. The predicted molar refractivity (Wildman–Crippen MR) is 96.9 cm³/mol. The van der Waals surface area contributed by atoms with Gasteiger partial charge in [-0.15, -0.1) is 0 Å². The summed E-state index contributed by atoms with van der Waals surface area (Å²) >= 11 is 0. The quantitative estimate of drug-likeness (QED) is 0.384. The summed E-state index contributed by atoms with van der Waals surface area (Å²) in [5.74, 6) is -3.41. The van der Waals surface area contributed by atoms with Crippen molar-refractivity contribution in [3.63, 3.8) is 0 Å². The van der Waals surface area contributed by atoms with Crippen molar-refractivity contribution in [2.75, 3.05) is 13.1 Å². The number of benzene rings is 1. The van der Waals surface area contributed by atoms with Crippen LogP contribution in [0, 0.1) is 11.6 Å². The van der Waals surface area contributed by atoms with E-state index in [1.54, 1.807) is 0 Å². The number of aliphatic hydroxyl groups excluding tert-OH is 1. The first-order valence-corrected chi connectivity index (χ1v) is 8.06. The third-order valence-electron chi connectivity index (χ3n) is 4.01. The third-order valence-corrected chi connectivity index (χ3v) is 4.01. The van der Waals surface area contributed by atoms with E-state index >= 15 is 0 Å². The van der Waals surface area contributed by atoms with E-state index in [2.05, 4.69) is 10.3 Å². The van der Waals surface area contributed by atoms with Crippen molar-refractivity contribution in [2.24, 2.45) is 10.7 Å². The molecule has 28 heavy (non-hydrogen) atoms. The maximum atomic E-state index is 13.9. The van der Waals surface area contributed by atoms with Crippen LogP contribution in [0.5, 0.6) is 0 Å². The zero-order chi connectivity index (χ0) is 20.9. The smallest absolute Gasteiger partial charge is 0.278 e. The molecule has 2 rings (SSSR count). The molecular weight excluding hydrogens is 374 g/mol. The average Bonchev–Trinajstić information content (AvgIpc) is 2.63. The largest absolute Gasteiger partial charge is 0.513 e. The molecule has 1 aliphatic heterocycles. The van der Waals surface area contributed by atoms with Crippen LogP contribution in [0.1, 0.15) is 12.5 Å². The zero-order valence-electron chi connectivity index (χ0n) is 14.9. The van der Waals surface area contributed by atoms with Crippen molar-refractivity contribution in [3.8, 4) is 0 Å². The number of nitrogens with two attached hydrogens (primary N) is 1. The highest BCUT2D eigenvalue weighted by Gasteiger charge is 2.36. The Labute approximate surface area is 159 Å². The van der Waals surface area contributed by atoms with Gasteiger partial charge in [0.15, 0.2) is 5.78 Å². The molecular formula is C18H18F2N4O4. The number of halogens is 2. The molecule has 10 heteroatoms. The maximum Gasteiger partial charge on any atom is 0.278 e. The van der Waals surface area contributed by atoms with Crippen LogP contribution in [0.2, 0.25) is 0 Å². The molecule has 1 atom stereocenters. The van der Waals surface area contributed by atoms with Gasteiger partial charge in [0, 0.05) is 11.8 Å². The van der Waals surface area contributed by atoms with Gasteiger partial charge < -0.3 is 21.0 Å². The lowest BCUT2D eigenvalue weighted by Crippen LogP contribution is -2.55. The second kappa shape index (κ2) is 8.42. The Balaban J connectivity index is 2.39. The summed E-state index contributed by atoms with van der Waals surface area (Å²) in [4.78, 5) is 40.6. The highest BCUT2D eigenvalue weighted by Crippen LogP contribution is 2.20. The minimum absolute atomic E-state index is 0.213. The second-order valence-corrected chi connectivity index (χ2v) is 6.14. The van der Waals surface area contributed by atoms with Crippen LogP contribution in [-0.2, 0) is 14.4 Å². The molecule has 1 aromatic carbocycles. The van der Waals surface area contributed by atoms with Crippen LogP contribution in [0.25, 0.3) is 5.70 Å². The number of nitrogens with one attached hydrogen (secondary N) is 1. The van der Waals surface area contributed by atoms with Crippen molar-refractivity contribution in [1.29, 1.82) is 0 Å². The van der Waals surface area contributed by atoms with Crippen LogP contribution >= 0.6 is 0 Å². The standard InChI is InChI=1S/C18H18F2N4O4/c1-18(9-22-10-24(5-6-25)17(28)14(8-26)23-18)15(27)7-13(21)16-11(19)3-2-4-12(16)20/h2-4,6-8,10,23,26H,5,9,21H2,1H3/b13-7-,14-8-,22-10?. The van der Waals surface area contributed by atoms with Crippen molar-refractivity contribution < 1.29 is 28.3 Å². The molecule has 0 saturated carbocycles. The van der Waals surface area contributed by atoms with E-state index in [1.165, 1.54) is 6.92 Å². The molecule has 1 aliphatic rings. The summed E-state index contributed by atoms with van der Waals surface area (Å²) in [6.07, 6.45) is 2.82. The Morgan fingerprint density at radius 1 is 1.43 bits per heavy atom. The summed E-state index contributed by atoms with van der Waals surface area (Å²) in [5, 5.41) is 11.9. The van der Waals surface area contributed by atoms with Crippen LogP contribution < -0.4 is 11.1 Å². The number of aliphatic imine (C=N–C) groups is 1. The minimum atomic E-state index is -1.56. The van der Waals surface area contributed by atoms with E-state index < -0.39 is 40.1 Å². The summed E-state index contributed by atoms with van der Waals surface area (Å²) in [6, 6.07) is 3.15. The fraction of sp³-hybridized carbons (Fsp3) is 0.222. The first-order chi connectivity index (χ1) is 13.2. The minimum Gasteiger partial charge on any atom is -0.513 e. The predicted octanol–water partition coefficient (Wildman–Crippen LogP) is 0.651. The van der Waals surface area contributed by atoms with Crippen LogP contribution in [0.4, 0.5) is 8.78 Å². The second-order valence-electron chi connectivity index (χ2n) is 6.14. The molecule has 1 aromatic rings. The van der Waals surface area contributed by atoms with Gasteiger partial charge in [-0.05, 0) is 19.1 Å². The van der Waals surface area contributed by atoms with E-state index in [9.17, 15) is 28.3 Å². The molecule has 0 bridgehead atoms. The van der Waals surface area contributed by atoms with Crippen molar-refractivity contribution in [2.45, 2.75) is 12.5 Å². The Morgan fingerprint density at radius 2 is 2.07 bits per heavy atom. The monoisotopic (exact) mass is 392 g/mol. The first-order valence-electron chi connectivity index (χ1n) is 8.06. The summed E-state index contributed by atoms with van der Waals surface area (Å²) < 4.78 is 27.7. The molecule has 148 valence electrons. The van der Waals surface area contributed by atoms with Crippen LogP contribution in [0.3, 0.4) is 0 Å². The normalized spacial score (nSPS) is 21.8. The fourth-order valence-corrected chi connectivity index (χ4v) is 2.50. The van der Waals surface area contributed by atoms with Gasteiger partial charge >= 0.3 is 0 Å². The van der Waals surface area contributed by atoms with Gasteiger partial charge in [-0.2, -0.15) is 0 Å². The van der Waals surface area contributed by atoms with Gasteiger partial charge in [-0.3, -0.25) is 19.5 Å². The number of hydrogen-bond donors (Lipinski definition) is 3. The Morgan fingerprint density at radius 3 is 2.64 bits per heavy atom. The number of carbonyl (C=O) groups is 3. The Kier molecular flexibility index (Phi) is 6.24. The van der Waals surface area contributed by atoms with E-state index in [-0.39, 0.29) is 18.8 Å². The van der Waals surface area contributed by atoms with E-state index in [4.69, 9.17) is 5.73 Å². The molecule has 0 saturated heterocycles. The number of carbonyl (C=O) groups excluding carboxylic acids is 3. The SMILES string of the molecule is CC1(C(=O)/C=C(\N)c2c(F)cccc2F)CN=CN(CC=O)C(=O)/C(=C/O)N1. The Bertz CT molecular complexity index is 877. The van der Waals surface area contributed by atoms with E-state index in [0.717, 1.165) is 35.5 Å². The van der Waals surface area contributed by atoms with Crippen LogP contribution in [-0.4, -0.2) is 52.9 Å². The van der Waals surface area contributed by atoms with Crippen LogP contribution in [0.15, 0.2) is 41.2 Å². The van der Waals surface area contributed by atoms with E-state index in [1.807, 2.05) is 0 Å². The molecule has 0 fully saturated rings. The fourth-order valence-electron chi connectivity index (χ4n) is 2.50. The lowest BCUT2D eigenvalue weighted by atomic mass is 9.93. The molecule has 1 unspecified atom stereocenters. The van der Waals surface area contributed by atoms with Crippen molar-refractivity contribution in [1.82, 2.24) is 10.2 Å². The molecule has 1 amide bonds. The number of rotatable bonds is 5. The number of aldehydes is 1. The van der Waals surface area contributed by atoms with Gasteiger partial charge in [0.25, 0.3) is 5.91 Å². The lowest BCUT2D eigenvalue weighted by Gasteiger charge is -2.31. The topological polar surface area (TPSA) is 125 Å². The lowest BCUT2D eigenvalue weighted by molar-refractivity contribution is -0.126. The molecule has 4 N–H and O–H groups in total.